The van der Waals surface area contributed by atoms with Crippen LogP contribution in [0.5, 0.6) is 5.75 Å². The van der Waals surface area contributed by atoms with Crippen molar-refractivity contribution in [2.45, 2.75) is 38.5 Å². The number of para-hydroxylation sites is 1. The number of unbranched alkanes of at least 4 members (excludes halogenated alkanes) is 3. The quantitative estimate of drug-likeness (QED) is 0.341. The first-order chi connectivity index (χ1) is 13.3. The third-order valence-electron chi connectivity index (χ3n) is 4.58. The Labute approximate surface area is 160 Å². The van der Waals surface area contributed by atoms with E-state index in [1.54, 1.807) is 13.3 Å². The highest BCUT2D eigenvalue weighted by Crippen LogP contribution is 2.30. The minimum Gasteiger partial charge on any atom is -0.496 e. The van der Waals surface area contributed by atoms with E-state index in [9.17, 15) is 4.79 Å². The molecule has 4 heteroatoms. The fraction of sp³-hybridized carbons (Fsp3) is 0.304. The average Bonchev–Trinajstić information content (AvgIpc) is 3.21. The fourth-order valence-electron chi connectivity index (χ4n) is 3.10. The molecule has 0 unspecified atom stereocenters. The summed E-state index contributed by atoms with van der Waals surface area (Å²) in [5.74, 6) is 1.39. The van der Waals surface area contributed by atoms with Crippen molar-refractivity contribution in [3.05, 3.63) is 72.2 Å². The first kappa shape index (κ1) is 18.9. The Hall–Kier alpha value is -2.88. The highest BCUT2D eigenvalue weighted by Gasteiger charge is 2.15. The molecule has 0 saturated heterocycles. The minimum atomic E-state index is -0.0424. The molecule has 27 heavy (non-hydrogen) atoms. The van der Waals surface area contributed by atoms with E-state index in [1.165, 1.54) is 5.56 Å². The van der Waals surface area contributed by atoms with E-state index in [0.29, 0.717) is 17.9 Å². The Morgan fingerprint density at radius 1 is 0.963 bits per heavy atom. The van der Waals surface area contributed by atoms with Gasteiger partial charge in [0.2, 0.25) is 5.78 Å². The van der Waals surface area contributed by atoms with Crippen LogP contribution in [0.4, 0.5) is 0 Å². The molecule has 0 atom stereocenters. The van der Waals surface area contributed by atoms with Gasteiger partial charge in [0.05, 0.1) is 18.9 Å². The number of methoxy groups -OCH3 is 1. The van der Waals surface area contributed by atoms with Crippen LogP contribution in [0.25, 0.3) is 11.3 Å². The first-order valence-corrected chi connectivity index (χ1v) is 9.44. The molecule has 1 heterocycles. The van der Waals surface area contributed by atoms with Crippen molar-refractivity contribution >= 4 is 5.78 Å². The summed E-state index contributed by atoms with van der Waals surface area (Å²) >= 11 is 0. The fourth-order valence-corrected chi connectivity index (χ4v) is 3.10. The number of ether oxygens (including phenoxy) is 1. The molecule has 0 spiro atoms. The monoisotopic (exact) mass is 363 g/mol. The van der Waals surface area contributed by atoms with Gasteiger partial charge in [0.25, 0.3) is 5.89 Å². The number of hydrogen-bond acceptors (Lipinski definition) is 4. The van der Waals surface area contributed by atoms with Crippen LogP contribution in [0.1, 0.15) is 48.4 Å². The zero-order valence-electron chi connectivity index (χ0n) is 15.7. The predicted octanol–water partition coefficient (Wildman–Crippen LogP) is 5.73. The molecule has 0 N–H and O–H groups in total. The summed E-state index contributed by atoms with van der Waals surface area (Å²) in [6.07, 6.45) is 7.33. The van der Waals surface area contributed by atoms with Crippen LogP contribution in [0.15, 0.2) is 65.2 Å². The zero-order chi connectivity index (χ0) is 18.9. The van der Waals surface area contributed by atoms with Crippen LogP contribution in [-0.2, 0) is 6.42 Å². The second-order valence-corrected chi connectivity index (χ2v) is 6.55. The van der Waals surface area contributed by atoms with Crippen molar-refractivity contribution in [2.75, 3.05) is 7.11 Å². The van der Waals surface area contributed by atoms with Gasteiger partial charge in [-0.15, -0.1) is 0 Å². The van der Waals surface area contributed by atoms with Gasteiger partial charge in [-0.2, -0.15) is 0 Å². The molecule has 0 aliphatic heterocycles. The van der Waals surface area contributed by atoms with Crippen molar-refractivity contribution < 1.29 is 13.9 Å². The molecule has 3 aromatic rings. The zero-order valence-corrected chi connectivity index (χ0v) is 15.7. The lowest BCUT2D eigenvalue weighted by atomic mass is 10.0. The van der Waals surface area contributed by atoms with Crippen molar-refractivity contribution in [3.8, 4) is 17.1 Å². The molecule has 4 nitrogen and oxygen atoms in total. The number of Topliss-reactive ketones (excluding diaryl/α,β-unsaturated/α-hetero) is 1. The van der Waals surface area contributed by atoms with Crippen molar-refractivity contribution in [1.29, 1.82) is 0 Å². The Kier molecular flexibility index (Phi) is 6.80. The maximum Gasteiger partial charge on any atom is 0.263 e. The highest BCUT2D eigenvalue weighted by molar-refractivity contribution is 5.92. The molecule has 2 aromatic carbocycles. The molecule has 140 valence electrons. The summed E-state index contributed by atoms with van der Waals surface area (Å²) in [5, 5.41) is 0. The van der Waals surface area contributed by atoms with Gasteiger partial charge < -0.3 is 9.15 Å². The van der Waals surface area contributed by atoms with Crippen LogP contribution >= 0.6 is 0 Å². The van der Waals surface area contributed by atoms with Gasteiger partial charge in [0.15, 0.2) is 5.76 Å². The molecule has 0 bridgehead atoms. The van der Waals surface area contributed by atoms with Gasteiger partial charge in [-0.1, -0.05) is 55.3 Å². The number of oxazole rings is 1. The largest absolute Gasteiger partial charge is 0.496 e. The van der Waals surface area contributed by atoms with Crippen molar-refractivity contribution in [1.82, 2.24) is 4.98 Å². The van der Waals surface area contributed by atoms with E-state index in [2.05, 4.69) is 29.2 Å². The molecule has 0 aliphatic rings. The molecule has 0 radical (unpaired) electrons. The third-order valence-corrected chi connectivity index (χ3v) is 4.58. The molecule has 0 saturated carbocycles. The van der Waals surface area contributed by atoms with Crippen molar-refractivity contribution in [3.63, 3.8) is 0 Å². The van der Waals surface area contributed by atoms with E-state index in [0.717, 1.165) is 37.7 Å². The number of rotatable bonds is 10. The van der Waals surface area contributed by atoms with Crippen LogP contribution in [0.2, 0.25) is 0 Å². The van der Waals surface area contributed by atoms with Crippen LogP contribution < -0.4 is 4.74 Å². The van der Waals surface area contributed by atoms with Crippen LogP contribution in [-0.4, -0.2) is 17.9 Å². The van der Waals surface area contributed by atoms with E-state index < -0.39 is 0 Å². The second kappa shape index (κ2) is 9.72. The maximum absolute atomic E-state index is 12.3. The van der Waals surface area contributed by atoms with Crippen LogP contribution in [0.3, 0.4) is 0 Å². The lowest BCUT2D eigenvalue weighted by Gasteiger charge is -2.04. The van der Waals surface area contributed by atoms with Gasteiger partial charge in [-0.05, 0) is 37.0 Å². The van der Waals surface area contributed by atoms with Crippen molar-refractivity contribution in [2.24, 2.45) is 0 Å². The molecule has 3 rings (SSSR count). The number of aryl methyl sites for hydroxylation is 1. The smallest absolute Gasteiger partial charge is 0.263 e. The summed E-state index contributed by atoms with van der Waals surface area (Å²) in [5.41, 5.74) is 2.17. The summed E-state index contributed by atoms with van der Waals surface area (Å²) in [4.78, 5) is 16.5. The SMILES string of the molecule is COc1ccccc1-c1cnc(C(=O)CCCCCCc2ccccc2)o1. The van der Waals surface area contributed by atoms with E-state index in [1.807, 2.05) is 30.3 Å². The lowest BCUT2D eigenvalue weighted by Crippen LogP contribution is -1.99. The molecule has 1 aromatic heterocycles. The van der Waals surface area contributed by atoms with Gasteiger partial charge >= 0.3 is 0 Å². The summed E-state index contributed by atoms with van der Waals surface area (Å²) in [6, 6.07) is 18.0. The average molecular weight is 363 g/mol. The van der Waals surface area contributed by atoms with Gasteiger partial charge in [-0.25, -0.2) is 4.98 Å². The van der Waals surface area contributed by atoms with Gasteiger partial charge in [0, 0.05) is 6.42 Å². The highest BCUT2D eigenvalue weighted by atomic mass is 16.5. The topological polar surface area (TPSA) is 52.3 Å². The number of benzene rings is 2. The van der Waals surface area contributed by atoms with Gasteiger partial charge in [0.1, 0.15) is 5.75 Å². The normalized spacial score (nSPS) is 10.7. The van der Waals surface area contributed by atoms with E-state index >= 15 is 0 Å². The second-order valence-electron chi connectivity index (χ2n) is 6.55. The van der Waals surface area contributed by atoms with E-state index in [-0.39, 0.29) is 11.7 Å². The third kappa shape index (κ3) is 5.30. The predicted molar refractivity (Wildman–Crippen MR) is 106 cm³/mol. The molecule has 0 amide bonds. The number of carbonyl (C=O) groups excluding carboxylic acids is 1. The Balaban J connectivity index is 1.43. The Morgan fingerprint density at radius 3 is 2.52 bits per heavy atom. The molecular formula is C23H25NO3. The first-order valence-electron chi connectivity index (χ1n) is 9.44. The summed E-state index contributed by atoms with van der Waals surface area (Å²) in [7, 11) is 1.61. The number of nitrogens with zero attached hydrogens (tertiary/aromatic N) is 1. The number of hydrogen-bond donors (Lipinski definition) is 0. The van der Waals surface area contributed by atoms with Gasteiger partial charge in [-0.3, -0.25) is 4.79 Å². The molecule has 0 fully saturated rings. The maximum atomic E-state index is 12.3. The summed E-state index contributed by atoms with van der Waals surface area (Å²) in [6.45, 7) is 0. The standard InChI is InChI=1S/C23H25NO3/c1-26-21-16-10-9-14-19(21)22-17-24-23(27-22)20(25)15-8-3-2-5-11-18-12-6-4-7-13-18/h4,6-7,9-10,12-14,16-17H,2-3,5,8,11,15H2,1H3. The Morgan fingerprint density at radius 2 is 1.70 bits per heavy atom. The van der Waals surface area contributed by atoms with E-state index in [4.69, 9.17) is 9.15 Å². The molecular weight excluding hydrogens is 338 g/mol. The number of ketones is 1. The number of carbonyl (C=O) groups is 1. The lowest BCUT2D eigenvalue weighted by molar-refractivity contribution is 0.0946. The van der Waals surface area contributed by atoms with Crippen LogP contribution in [0, 0.1) is 0 Å². The molecule has 0 aliphatic carbocycles. The number of aromatic nitrogens is 1. The Bertz CT molecular complexity index is 855. The minimum absolute atomic E-state index is 0.0424. The summed E-state index contributed by atoms with van der Waals surface area (Å²) < 4.78 is 11.0.